The lowest BCUT2D eigenvalue weighted by Crippen LogP contribution is -1.77. The summed E-state index contributed by atoms with van der Waals surface area (Å²) < 4.78 is 0.999. The smallest absolute Gasteiger partial charge is 0.137 e. The Morgan fingerprint density at radius 1 is 1.06 bits per heavy atom. The first-order chi connectivity index (χ1) is 7.83. The van der Waals surface area contributed by atoms with E-state index in [4.69, 9.17) is 0 Å². The summed E-state index contributed by atoms with van der Waals surface area (Å²) >= 11 is 3.42. The van der Waals surface area contributed by atoms with Crippen LogP contribution in [0, 0.1) is 0 Å². The number of hydrogen-bond acceptors (Lipinski definition) is 1. The standard InChI is InChI=1S/C13H9BrN2/c14-11-6-10-7-12(16-13(10)15-8-11)9-4-2-1-3-5-9/h1-8H,(H,15,16). The van der Waals surface area contributed by atoms with Crippen molar-refractivity contribution in [2.75, 3.05) is 0 Å². The van der Waals surface area contributed by atoms with Crippen LogP contribution in [0.15, 0.2) is 53.1 Å². The minimum absolute atomic E-state index is 0.919. The molecule has 3 rings (SSSR count). The van der Waals surface area contributed by atoms with Gasteiger partial charge >= 0.3 is 0 Å². The van der Waals surface area contributed by atoms with Crippen LogP contribution in [0.2, 0.25) is 0 Å². The summed E-state index contributed by atoms with van der Waals surface area (Å²) in [7, 11) is 0. The van der Waals surface area contributed by atoms with Gasteiger partial charge in [0.05, 0.1) is 0 Å². The first-order valence-corrected chi connectivity index (χ1v) is 5.82. The lowest BCUT2D eigenvalue weighted by atomic mass is 10.1. The maximum Gasteiger partial charge on any atom is 0.137 e. The predicted octanol–water partition coefficient (Wildman–Crippen LogP) is 3.99. The Morgan fingerprint density at radius 2 is 1.88 bits per heavy atom. The van der Waals surface area contributed by atoms with E-state index < -0.39 is 0 Å². The second-order valence-electron chi connectivity index (χ2n) is 3.64. The van der Waals surface area contributed by atoms with Gasteiger partial charge < -0.3 is 4.98 Å². The number of nitrogens with zero attached hydrogens (tertiary/aromatic N) is 1. The predicted molar refractivity (Wildman–Crippen MR) is 69.2 cm³/mol. The van der Waals surface area contributed by atoms with E-state index in [1.54, 1.807) is 6.20 Å². The Hall–Kier alpha value is -1.61. The normalized spacial score (nSPS) is 10.8. The second-order valence-corrected chi connectivity index (χ2v) is 4.56. The van der Waals surface area contributed by atoms with E-state index >= 15 is 0 Å². The summed E-state index contributed by atoms with van der Waals surface area (Å²) in [6.45, 7) is 0. The average molecular weight is 273 g/mol. The molecule has 2 nitrogen and oxygen atoms in total. The zero-order chi connectivity index (χ0) is 11.0. The number of aromatic nitrogens is 2. The molecule has 0 saturated carbocycles. The van der Waals surface area contributed by atoms with Gasteiger partial charge in [-0.1, -0.05) is 30.3 Å². The second kappa shape index (κ2) is 3.76. The highest BCUT2D eigenvalue weighted by Crippen LogP contribution is 2.24. The lowest BCUT2D eigenvalue weighted by Gasteiger charge is -1.94. The van der Waals surface area contributed by atoms with Crippen molar-refractivity contribution < 1.29 is 0 Å². The van der Waals surface area contributed by atoms with Crippen LogP contribution in [-0.2, 0) is 0 Å². The van der Waals surface area contributed by atoms with Gasteiger partial charge in [0.2, 0.25) is 0 Å². The van der Waals surface area contributed by atoms with E-state index in [9.17, 15) is 0 Å². The Bertz CT molecular complexity index is 629. The van der Waals surface area contributed by atoms with Crippen molar-refractivity contribution in [3.8, 4) is 11.3 Å². The van der Waals surface area contributed by atoms with Gasteiger partial charge in [-0.05, 0) is 33.6 Å². The molecule has 2 aromatic heterocycles. The van der Waals surface area contributed by atoms with Gasteiger partial charge in [0.1, 0.15) is 5.65 Å². The van der Waals surface area contributed by atoms with E-state index in [0.717, 1.165) is 21.2 Å². The SMILES string of the molecule is Brc1cnc2[nH]c(-c3ccccc3)cc2c1. The fourth-order valence-electron chi connectivity index (χ4n) is 1.76. The summed E-state index contributed by atoms with van der Waals surface area (Å²) in [4.78, 5) is 7.63. The van der Waals surface area contributed by atoms with E-state index in [2.05, 4.69) is 50.2 Å². The van der Waals surface area contributed by atoms with Gasteiger partial charge in [-0.2, -0.15) is 0 Å². The molecule has 0 radical (unpaired) electrons. The molecule has 0 atom stereocenters. The molecule has 3 heteroatoms. The highest BCUT2D eigenvalue weighted by atomic mass is 79.9. The number of rotatable bonds is 1. The van der Waals surface area contributed by atoms with Gasteiger partial charge in [0.15, 0.2) is 0 Å². The lowest BCUT2D eigenvalue weighted by molar-refractivity contribution is 1.31. The summed E-state index contributed by atoms with van der Waals surface area (Å²) in [5.41, 5.74) is 3.19. The number of nitrogens with one attached hydrogen (secondary N) is 1. The topological polar surface area (TPSA) is 28.7 Å². The van der Waals surface area contributed by atoms with Gasteiger partial charge in [-0.15, -0.1) is 0 Å². The minimum atomic E-state index is 0.919. The maximum atomic E-state index is 4.32. The third-order valence-electron chi connectivity index (χ3n) is 2.52. The van der Waals surface area contributed by atoms with Crippen LogP contribution in [-0.4, -0.2) is 9.97 Å². The molecule has 0 bridgehead atoms. The van der Waals surface area contributed by atoms with Crippen molar-refractivity contribution in [1.82, 2.24) is 9.97 Å². The molecule has 0 amide bonds. The zero-order valence-corrected chi connectivity index (χ0v) is 10.0. The molecule has 0 spiro atoms. The summed E-state index contributed by atoms with van der Waals surface area (Å²) in [6, 6.07) is 14.4. The molecule has 0 unspecified atom stereocenters. The number of halogens is 1. The molecule has 1 N–H and O–H groups in total. The van der Waals surface area contributed by atoms with Gasteiger partial charge in [0.25, 0.3) is 0 Å². The number of benzene rings is 1. The van der Waals surface area contributed by atoms with Crippen LogP contribution in [0.3, 0.4) is 0 Å². The van der Waals surface area contributed by atoms with E-state index in [1.165, 1.54) is 5.56 Å². The number of hydrogen-bond donors (Lipinski definition) is 1. The first-order valence-electron chi connectivity index (χ1n) is 5.02. The molecule has 1 aromatic carbocycles. The monoisotopic (exact) mass is 272 g/mol. The van der Waals surface area contributed by atoms with Crippen molar-refractivity contribution >= 4 is 27.0 Å². The highest BCUT2D eigenvalue weighted by molar-refractivity contribution is 9.10. The number of H-pyrrole nitrogens is 1. The Labute approximate surface area is 101 Å². The quantitative estimate of drug-likeness (QED) is 0.713. The van der Waals surface area contributed by atoms with Crippen LogP contribution in [0.25, 0.3) is 22.3 Å². The fraction of sp³-hybridized carbons (Fsp3) is 0. The molecule has 0 aliphatic carbocycles. The van der Waals surface area contributed by atoms with Gasteiger partial charge in [-0.25, -0.2) is 4.98 Å². The minimum Gasteiger partial charge on any atom is -0.339 e. The molecule has 16 heavy (non-hydrogen) atoms. The number of fused-ring (bicyclic) bond motifs is 1. The molecule has 0 fully saturated rings. The largest absolute Gasteiger partial charge is 0.339 e. The molecule has 3 aromatic rings. The van der Waals surface area contributed by atoms with Crippen LogP contribution >= 0.6 is 15.9 Å². The maximum absolute atomic E-state index is 4.32. The third kappa shape index (κ3) is 1.63. The van der Waals surface area contributed by atoms with Crippen molar-refractivity contribution in [2.24, 2.45) is 0 Å². The summed E-state index contributed by atoms with van der Waals surface area (Å²) in [6.07, 6.45) is 1.80. The van der Waals surface area contributed by atoms with Crippen LogP contribution in [0.4, 0.5) is 0 Å². The third-order valence-corrected chi connectivity index (χ3v) is 2.96. The number of aromatic amines is 1. The molecular weight excluding hydrogens is 264 g/mol. The molecule has 78 valence electrons. The fourth-order valence-corrected chi connectivity index (χ4v) is 2.11. The van der Waals surface area contributed by atoms with E-state index in [1.807, 2.05) is 18.2 Å². The average Bonchev–Trinajstić information content (AvgIpc) is 2.73. The van der Waals surface area contributed by atoms with Crippen LogP contribution in [0.1, 0.15) is 0 Å². The molecule has 0 saturated heterocycles. The van der Waals surface area contributed by atoms with E-state index in [-0.39, 0.29) is 0 Å². The van der Waals surface area contributed by atoms with Crippen molar-refractivity contribution in [3.63, 3.8) is 0 Å². The summed E-state index contributed by atoms with van der Waals surface area (Å²) in [5.74, 6) is 0. The Balaban J connectivity index is 2.19. The first kappa shape index (κ1) is 9.60. The summed E-state index contributed by atoms with van der Waals surface area (Å²) in [5, 5.41) is 1.12. The van der Waals surface area contributed by atoms with Crippen LogP contribution < -0.4 is 0 Å². The molecule has 0 aliphatic rings. The molecule has 0 aliphatic heterocycles. The van der Waals surface area contributed by atoms with E-state index in [0.29, 0.717) is 0 Å². The zero-order valence-electron chi connectivity index (χ0n) is 8.44. The van der Waals surface area contributed by atoms with Crippen molar-refractivity contribution in [2.45, 2.75) is 0 Å². The van der Waals surface area contributed by atoms with Gasteiger partial charge in [-0.3, -0.25) is 0 Å². The Kier molecular flexibility index (Phi) is 2.26. The molecular formula is C13H9BrN2. The molecule has 2 heterocycles. The van der Waals surface area contributed by atoms with Crippen molar-refractivity contribution in [1.29, 1.82) is 0 Å². The highest BCUT2D eigenvalue weighted by Gasteiger charge is 2.03. The van der Waals surface area contributed by atoms with Crippen molar-refractivity contribution in [3.05, 3.63) is 53.1 Å². The van der Waals surface area contributed by atoms with Crippen LogP contribution in [0.5, 0.6) is 0 Å². The number of pyridine rings is 1. The van der Waals surface area contributed by atoms with Gasteiger partial charge in [0, 0.05) is 21.7 Å². The Morgan fingerprint density at radius 3 is 2.69 bits per heavy atom.